The Bertz CT molecular complexity index is 330. The van der Waals surface area contributed by atoms with Gasteiger partial charge in [-0.25, -0.2) is 3.11 Å². The molecule has 0 amide bonds. The van der Waals surface area contributed by atoms with Gasteiger partial charge in [-0.2, -0.15) is 8.42 Å². The first-order chi connectivity index (χ1) is 6.90. The van der Waals surface area contributed by atoms with Crippen molar-refractivity contribution in [2.75, 3.05) is 19.4 Å². The van der Waals surface area contributed by atoms with Crippen LogP contribution in [-0.2, 0) is 19.1 Å². The number of ketones is 1. The molecule has 1 aliphatic heterocycles. The fourth-order valence-corrected chi connectivity index (χ4v) is 2.59. The van der Waals surface area contributed by atoms with Gasteiger partial charge in [0.25, 0.3) is 10.1 Å². The first kappa shape index (κ1) is 13.3. The molecular weight excluding hydrogens is 333 g/mol. The maximum Gasteiger partial charge on any atom is 0.264 e. The van der Waals surface area contributed by atoms with Crippen molar-refractivity contribution in [3.8, 4) is 0 Å². The molecule has 1 atom stereocenters. The van der Waals surface area contributed by atoms with Gasteiger partial charge >= 0.3 is 0 Å². The number of carbonyl (C=O) groups excluding carboxylic acids is 1. The summed E-state index contributed by atoms with van der Waals surface area (Å²) in [6.45, 7) is 0.727. The Labute approximate surface area is 104 Å². The molecule has 0 saturated carbocycles. The van der Waals surface area contributed by atoms with Crippen LogP contribution in [0.25, 0.3) is 0 Å². The van der Waals surface area contributed by atoms with Gasteiger partial charge in [-0.05, 0) is 12.8 Å². The molecule has 88 valence electrons. The predicted molar refractivity (Wildman–Crippen MR) is 64.2 cm³/mol. The maximum atomic E-state index is 11.6. The molecular formula is C8H14INO4S. The normalized spacial score (nSPS) is 25.2. The van der Waals surface area contributed by atoms with Gasteiger partial charge in [-0.1, -0.05) is 0 Å². The van der Waals surface area contributed by atoms with E-state index in [-0.39, 0.29) is 12.4 Å². The lowest BCUT2D eigenvalue weighted by atomic mass is 10.1. The lowest BCUT2D eigenvalue weighted by molar-refractivity contribution is -0.122. The molecule has 1 unspecified atom stereocenters. The van der Waals surface area contributed by atoms with Crippen molar-refractivity contribution in [1.29, 1.82) is 0 Å². The minimum absolute atomic E-state index is 0.0607. The summed E-state index contributed by atoms with van der Waals surface area (Å²) >= 11 is 2.05. The lowest BCUT2D eigenvalue weighted by Gasteiger charge is -2.21. The number of halogens is 1. The molecule has 0 aromatic rings. The summed E-state index contributed by atoms with van der Waals surface area (Å²) in [6.07, 6.45) is 3.33. The van der Waals surface area contributed by atoms with Crippen LogP contribution in [-0.4, -0.2) is 42.8 Å². The fraction of sp³-hybridized carbons (Fsp3) is 0.875. The number of Topliss-reactive ketones (excluding diaryl/α,β-unsaturated/α-hetero) is 1. The zero-order valence-corrected chi connectivity index (χ0v) is 11.5. The summed E-state index contributed by atoms with van der Waals surface area (Å²) in [5.41, 5.74) is 0. The second kappa shape index (κ2) is 5.55. The number of nitrogens with zero attached hydrogens (tertiary/aromatic N) is 1. The molecule has 5 nitrogen and oxygen atoms in total. The number of carbonyl (C=O) groups is 1. The third-order valence-electron chi connectivity index (χ3n) is 2.19. The Morgan fingerprint density at radius 3 is 2.80 bits per heavy atom. The standard InChI is InChI=1S/C8H14INO4S/c1-15(12,13)14-6-7-8(11)4-2-3-5-10(7)9/h7H,2-6H2,1H3. The van der Waals surface area contributed by atoms with Crippen LogP contribution in [0.1, 0.15) is 19.3 Å². The van der Waals surface area contributed by atoms with E-state index in [4.69, 9.17) is 0 Å². The molecule has 1 rings (SSSR count). The number of hydrogen-bond donors (Lipinski definition) is 0. The van der Waals surface area contributed by atoms with Crippen molar-refractivity contribution >= 4 is 38.8 Å². The second-order valence-electron chi connectivity index (χ2n) is 3.55. The SMILES string of the molecule is CS(=O)(=O)OCC1C(=O)CCCCN1I. The predicted octanol–water partition coefficient (Wildman–Crippen LogP) is 0.736. The third-order valence-corrected chi connectivity index (χ3v) is 3.91. The number of rotatable bonds is 3. The highest BCUT2D eigenvalue weighted by molar-refractivity contribution is 14.1. The van der Waals surface area contributed by atoms with Crippen molar-refractivity contribution in [2.24, 2.45) is 0 Å². The van der Waals surface area contributed by atoms with E-state index in [0.29, 0.717) is 6.42 Å². The van der Waals surface area contributed by atoms with Crippen LogP contribution in [0, 0.1) is 0 Å². The van der Waals surface area contributed by atoms with Crippen LogP contribution in [0.3, 0.4) is 0 Å². The highest BCUT2D eigenvalue weighted by atomic mass is 127. The topological polar surface area (TPSA) is 63.7 Å². The van der Waals surface area contributed by atoms with E-state index in [2.05, 4.69) is 4.18 Å². The monoisotopic (exact) mass is 347 g/mol. The van der Waals surface area contributed by atoms with Gasteiger partial charge in [-0.15, -0.1) is 0 Å². The lowest BCUT2D eigenvalue weighted by Crippen LogP contribution is -2.37. The number of hydrogen-bond acceptors (Lipinski definition) is 5. The Hall–Kier alpha value is 0.270. The summed E-state index contributed by atoms with van der Waals surface area (Å²) in [5.74, 6) is 0.0607. The van der Waals surface area contributed by atoms with Gasteiger partial charge in [-0.3, -0.25) is 8.98 Å². The van der Waals surface area contributed by atoms with E-state index in [0.717, 1.165) is 25.6 Å². The zero-order valence-electron chi connectivity index (χ0n) is 8.48. The summed E-state index contributed by atoms with van der Waals surface area (Å²) in [5, 5.41) is 0. The maximum absolute atomic E-state index is 11.6. The van der Waals surface area contributed by atoms with Gasteiger partial charge in [0.15, 0.2) is 5.78 Å². The minimum Gasteiger partial charge on any atom is -0.298 e. The highest BCUT2D eigenvalue weighted by Gasteiger charge is 2.27. The van der Waals surface area contributed by atoms with Crippen LogP contribution in [0.4, 0.5) is 0 Å². The van der Waals surface area contributed by atoms with Gasteiger partial charge in [0.05, 0.1) is 12.9 Å². The molecule has 15 heavy (non-hydrogen) atoms. The molecule has 1 aliphatic rings. The first-order valence-corrected chi connectivity index (χ1v) is 7.48. The van der Waals surface area contributed by atoms with E-state index in [1.807, 2.05) is 26.0 Å². The highest BCUT2D eigenvalue weighted by Crippen LogP contribution is 2.18. The third kappa shape index (κ3) is 4.75. The molecule has 0 aliphatic carbocycles. The molecule has 1 fully saturated rings. The Morgan fingerprint density at radius 1 is 1.53 bits per heavy atom. The molecule has 0 aromatic carbocycles. The molecule has 7 heteroatoms. The van der Waals surface area contributed by atoms with Crippen molar-refractivity contribution in [3.05, 3.63) is 0 Å². The average molecular weight is 347 g/mol. The Kier molecular flexibility index (Phi) is 4.94. The molecule has 0 N–H and O–H groups in total. The van der Waals surface area contributed by atoms with E-state index in [1.54, 1.807) is 0 Å². The van der Waals surface area contributed by atoms with E-state index >= 15 is 0 Å². The zero-order chi connectivity index (χ0) is 11.5. The van der Waals surface area contributed by atoms with Gasteiger partial charge in [0, 0.05) is 35.8 Å². The van der Waals surface area contributed by atoms with Crippen LogP contribution in [0.5, 0.6) is 0 Å². The van der Waals surface area contributed by atoms with E-state index < -0.39 is 16.2 Å². The van der Waals surface area contributed by atoms with Crippen LogP contribution in [0.2, 0.25) is 0 Å². The van der Waals surface area contributed by atoms with Gasteiger partial charge in [0.2, 0.25) is 0 Å². The quantitative estimate of drug-likeness (QED) is 0.428. The van der Waals surface area contributed by atoms with E-state index in [1.165, 1.54) is 0 Å². The Morgan fingerprint density at radius 2 is 2.20 bits per heavy atom. The molecule has 1 saturated heterocycles. The van der Waals surface area contributed by atoms with E-state index in [9.17, 15) is 13.2 Å². The van der Waals surface area contributed by atoms with Crippen molar-refractivity contribution in [2.45, 2.75) is 25.3 Å². The van der Waals surface area contributed by atoms with Crippen LogP contribution >= 0.6 is 22.9 Å². The molecule has 0 bridgehead atoms. The second-order valence-corrected chi connectivity index (χ2v) is 6.43. The molecule has 0 spiro atoms. The van der Waals surface area contributed by atoms with Crippen molar-refractivity contribution in [3.63, 3.8) is 0 Å². The minimum atomic E-state index is -3.46. The summed E-state index contributed by atoms with van der Waals surface area (Å²) in [4.78, 5) is 11.6. The van der Waals surface area contributed by atoms with Gasteiger partial charge < -0.3 is 0 Å². The average Bonchev–Trinajstić information content (AvgIpc) is 2.24. The van der Waals surface area contributed by atoms with Crippen molar-refractivity contribution < 1.29 is 17.4 Å². The molecule has 1 heterocycles. The molecule has 0 aromatic heterocycles. The van der Waals surface area contributed by atoms with Gasteiger partial charge in [0.1, 0.15) is 6.04 Å². The van der Waals surface area contributed by atoms with Crippen LogP contribution < -0.4 is 0 Å². The largest absolute Gasteiger partial charge is 0.298 e. The van der Waals surface area contributed by atoms with Crippen LogP contribution in [0.15, 0.2) is 0 Å². The van der Waals surface area contributed by atoms with Crippen molar-refractivity contribution in [1.82, 2.24) is 3.11 Å². The summed E-state index contributed by atoms with van der Waals surface area (Å²) in [7, 11) is -3.46. The smallest absolute Gasteiger partial charge is 0.264 e. The summed E-state index contributed by atoms with van der Waals surface area (Å²) in [6, 6.07) is -0.428. The fourth-order valence-electron chi connectivity index (χ4n) is 1.40. The first-order valence-electron chi connectivity index (χ1n) is 4.69. The molecule has 0 radical (unpaired) electrons. The Balaban J connectivity index is 2.59. The summed E-state index contributed by atoms with van der Waals surface area (Å²) < 4.78 is 28.1.